The van der Waals surface area contributed by atoms with Gasteiger partial charge in [0, 0.05) is 11.4 Å². The van der Waals surface area contributed by atoms with E-state index in [1.54, 1.807) is 27.7 Å². The lowest BCUT2D eigenvalue weighted by molar-refractivity contribution is -0.152. The van der Waals surface area contributed by atoms with E-state index >= 15 is 0 Å². The Kier molecular flexibility index (Phi) is 7.59. The number of ether oxygens (including phenoxy) is 3. The van der Waals surface area contributed by atoms with Crippen LogP contribution in [0.25, 0.3) is 0 Å². The fourth-order valence-corrected chi connectivity index (χ4v) is 3.11. The Bertz CT molecular complexity index is 811. The Balaban J connectivity index is 2.37. The molecule has 1 N–H and O–H groups in total. The predicted octanol–water partition coefficient (Wildman–Crippen LogP) is 2.93. The van der Waals surface area contributed by atoms with Gasteiger partial charge in [-0.05, 0) is 40.2 Å². The Morgan fingerprint density at radius 1 is 0.828 bits per heavy atom. The molecule has 0 fully saturated rings. The van der Waals surface area contributed by atoms with E-state index in [1.165, 1.54) is 0 Å². The van der Waals surface area contributed by atoms with Gasteiger partial charge in [-0.3, -0.25) is 4.79 Å². The van der Waals surface area contributed by atoms with Gasteiger partial charge in [0.2, 0.25) is 0 Å². The van der Waals surface area contributed by atoms with Crippen LogP contribution in [0.4, 0.5) is 0 Å². The minimum absolute atomic E-state index is 0.0212. The van der Waals surface area contributed by atoms with Gasteiger partial charge in [-0.1, -0.05) is 29.8 Å². The third-order valence-electron chi connectivity index (χ3n) is 4.49. The Morgan fingerprint density at radius 3 is 1.76 bits per heavy atom. The van der Waals surface area contributed by atoms with Gasteiger partial charge in [-0.25, -0.2) is 9.59 Å². The Labute approximate surface area is 170 Å². The first-order valence-corrected chi connectivity index (χ1v) is 9.55. The van der Waals surface area contributed by atoms with Crippen molar-refractivity contribution in [2.24, 2.45) is 5.92 Å². The summed E-state index contributed by atoms with van der Waals surface area (Å²) in [7, 11) is 0. The minimum Gasteiger partial charge on any atom is -0.463 e. The van der Waals surface area contributed by atoms with E-state index in [1.807, 2.05) is 31.2 Å². The van der Waals surface area contributed by atoms with Crippen LogP contribution in [0.2, 0.25) is 0 Å². The summed E-state index contributed by atoms with van der Waals surface area (Å²) in [6, 6.07) is 7.53. The summed E-state index contributed by atoms with van der Waals surface area (Å²) >= 11 is 0. The van der Waals surface area contributed by atoms with E-state index in [-0.39, 0.29) is 31.0 Å². The lowest BCUT2D eigenvalue weighted by Gasteiger charge is -2.28. The van der Waals surface area contributed by atoms with Crippen LogP contribution in [0.1, 0.15) is 38.8 Å². The second kappa shape index (κ2) is 9.91. The van der Waals surface area contributed by atoms with Crippen molar-refractivity contribution in [3.63, 3.8) is 0 Å². The van der Waals surface area contributed by atoms with Gasteiger partial charge in [0.25, 0.3) is 0 Å². The van der Waals surface area contributed by atoms with Crippen molar-refractivity contribution in [3.05, 3.63) is 57.9 Å². The van der Waals surface area contributed by atoms with E-state index in [9.17, 15) is 14.4 Å². The second-order valence-electron chi connectivity index (χ2n) is 6.67. The molecule has 1 aromatic rings. The van der Waals surface area contributed by atoms with Crippen LogP contribution in [0.15, 0.2) is 46.8 Å². The first kappa shape index (κ1) is 22.2. The summed E-state index contributed by atoms with van der Waals surface area (Å²) < 4.78 is 15.7. The van der Waals surface area contributed by atoms with Crippen LogP contribution in [0, 0.1) is 12.8 Å². The summed E-state index contributed by atoms with van der Waals surface area (Å²) in [5, 5.41) is 2.97. The number of aryl methyl sites for hydroxylation is 1. The van der Waals surface area contributed by atoms with Crippen LogP contribution in [-0.2, 0) is 35.2 Å². The molecule has 7 heteroatoms. The molecule has 1 aliphatic rings. The fraction of sp³-hybridized carbons (Fsp3) is 0.409. The minimum atomic E-state index is -1.22. The van der Waals surface area contributed by atoms with E-state index in [0.717, 1.165) is 11.1 Å². The van der Waals surface area contributed by atoms with Gasteiger partial charge in [-0.2, -0.15) is 0 Å². The average Bonchev–Trinajstić information content (AvgIpc) is 2.66. The Morgan fingerprint density at radius 2 is 1.31 bits per heavy atom. The third-order valence-corrected chi connectivity index (χ3v) is 4.49. The topological polar surface area (TPSA) is 90.9 Å². The van der Waals surface area contributed by atoms with Crippen LogP contribution in [0.3, 0.4) is 0 Å². The zero-order valence-electron chi connectivity index (χ0n) is 17.5. The van der Waals surface area contributed by atoms with Gasteiger partial charge in [0.05, 0.1) is 24.4 Å². The molecule has 7 nitrogen and oxygen atoms in total. The number of carbonyl (C=O) groups is 3. The molecular formula is C22H27NO6. The normalized spacial score (nSPS) is 14.4. The molecule has 1 heterocycles. The molecule has 0 bridgehead atoms. The van der Waals surface area contributed by atoms with Crippen molar-refractivity contribution in [2.75, 3.05) is 13.2 Å². The summed E-state index contributed by atoms with van der Waals surface area (Å²) in [4.78, 5) is 38.2. The zero-order valence-corrected chi connectivity index (χ0v) is 17.5. The number of rotatable bonds is 7. The molecule has 2 rings (SSSR count). The van der Waals surface area contributed by atoms with Crippen molar-refractivity contribution in [2.45, 2.75) is 41.2 Å². The van der Waals surface area contributed by atoms with Crippen LogP contribution < -0.4 is 5.32 Å². The predicted molar refractivity (Wildman–Crippen MR) is 106 cm³/mol. The molecule has 0 atom stereocenters. The SMILES string of the molecule is CCOC(=O)C1=C(C)NC(C)=C(C(=O)OCC)C1C(=O)OCc1ccc(C)cc1. The molecule has 0 saturated heterocycles. The lowest BCUT2D eigenvalue weighted by atomic mass is 9.85. The highest BCUT2D eigenvalue weighted by Gasteiger charge is 2.42. The molecule has 0 amide bonds. The maximum atomic E-state index is 13.0. The summed E-state index contributed by atoms with van der Waals surface area (Å²) in [5.74, 6) is -3.29. The molecule has 1 aliphatic heterocycles. The van der Waals surface area contributed by atoms with E-state index in [0.29, 0.717) is 11.4 Å². The number of nitrogens with one attached hydrogen (secondary N) is 1. The number of dihydropyridines is 1. The monoisotopic (exact) mass is 401 g/mol. The smallest absolute Gasteiger partial charge is 0.337 e. The van der Waals surface area contributed by atoms with Gasteiger partial charge in [0.15, 0.2) is 0 Å². The molecule has 29 heavy (non-hydrogen) atoms. The summed E-state index contributed by atoms with van der Waals surface area (Å²) in [5.41, 5.74) is 2.86. The van der Waals surface area contributed by atoms with E-state index < -0.39 is 23.8 Å². The van der Waals surface area contributed by atoms with Gasteiger partial charge < -0.3 is 19.5 Å². The first-order chi connectivity index (χ1) is 13.8. The first-order valence-electron chi connectivity index (χ1n) is 9.55. The Hall–Kier alpha value is -3.09. The highest BCUT2D eigenvalue weighted by atomic mass is 16.5. The quantitative estimate of drug-likeness (QED) is 0.555. The van der Waals surface area contributed by atoms with E-state index in [4.69, 9.17) is 14.2 Å². The zero-order chi connectivity index (χ0) is 21.6. The molecule has 156 valence electrons. The highest BCUT2D eigenvalue weighted by Crippen LogP contribution is 2.32. The van der Waals surface area contributed by atoms with Gasteiger partial charge in [-0.15, -0.1) is 0 Å². The van der Waals surface area contributed by atoms with E-state index in [2.05, 4.69) is 5.32 Å². The molecule has 0 saturated carbocycles. The molecule has 0 aliphatic carbocycles. The number of carbonyl (C=O) groups excluding carboxylic acids is 3. The number of hydrogen-bond acceptors (Lipinski definition) is 7. The van der Waals surface area contributed by atoms with Crippen molar-refractivity contribution in [1.82, 2.24) is 5.32 Å². The molecule has 1 aromatic carbocycles. The van der Waals surface area contributed by atoms with Crippen molar-refractivity contribution in [3.8, 4) is 0 Å². The summed E-state index contributed by atoms with van der Waals surface area (Å²) in [6.07, 6.45) is 0. The van der Waals surface area contributed by atoms with Crippen molar-refractivity contribution < 1.29 is 28.6 Å². The number of benzene rings is 1. The van der Waals surface area contributed by atoms with Crippen molar-refractivity contribution in [1.29, 1.82) is 0 Å². The second-order valence-corrected chi connectivity index (χ2v) is 6.67. The number of hydrogen-bond donors (Lipinski definition) is 1. The van der Waals surface area contributed by atoms with Crippen LogP contribution in [-0.4, -0.2) is 31.1 Å². The molecule has 0 spiro atoms. The number of esters is 3. The number of allylic oxidation sites excluding steroid dienone is 2. The maximum absolute atomic E-state index is 13.0. The van der Waals surface area contributed by atoms with Crippen LogP contribution >= 0.6 is 0 Å². The van der Waals surface area contributed by atoms with Gasteiger partial charge in [0.1, 0.15) is 12.5 Å². The molecule has 0 unspecified atom stereocenters. The summed E-state index contributed by atoms with van der Waals surface area (Å²) in [6.45, 7) is 8.90. The largest absolute Gasteiger partial charge is 0.463 e. The average molecular weight is 401 g/mol. The maximum Gasteiger partial charge on any atom is 0.337 e. The fourth-order valence-electron chi connectivity index (χ4n) is 3.11. The van der Waals surface area contributed by atoms with Gasteiger partial charge >= 0.3 is 17.9 Å². The van der Waals surface area contributed by atoms with Crippen LogP contribution in [0.5, 0.6) is 0 Å². The highest BCUT2D eigenvalue weighted by molar-refractivity contribution is 6.05. The third kappa shape index (κ3) is 5.25. The standard InChI is InChI=1S/C22H27NO6/c1-6-27-20(24)17-14(4)23-15(5)18(21(25)28-7-2)19(17)22(26)29-12-16-10-8-13(3)9-11-16/h8-11,19,23H,6-7,12H2,1-5H3. The molecule has 0 radical (unpaired) electrons. The lowest BCUT2D eigenvalue weighted by Crippen LogP contribution is -2.38. The molecular weight excluding hydrogens is 374 g/mol. The van der Waals surface area contributed by atoms with Crippen molar-refractivity contribution >= 4 is 17.9 Å². The molecule has 0 aromatic heterocycles.